The lowest BCUT2D eigenvalue weighted by Gasteiger charge is -2.57. The molecule has 3 aromatic carbocycles. The van der Waals surface area contributed by atoms with E-state index in [9.17, 15) is 18.0 Å². The highest BCUT2D eigenvalue weighted by molar-refractivity contribution is 5.96. The molecule has 0 heterocycles. The summed E-state index contributed by atoms with van der Waals surface area (Å²) in [6.45, 7) is 1.83. The summed E-state index contributed by atoms with van der Waals surface area (Å²) in [6.07, 6.45) is 3.41. The molecule has 7 heteroatoms. The minimum Gasteiger partial charge on any atom is -0.465 e. The number of alkyl halides is 3. The first-order valence-electron chi connectivity index (χ1n) is 13.7. The van der Waals surface area contributed by atoms with Gasteiger partial charge in [0.2, 0.25) is 0 Å². The predicted octanol–water partition coefficient (Wildman–Crippen LogP) is 8.76. The molecule has 4 bridgehead atoms. The van der Waals surface area contributed by atoms with E-state index in [1.807, 2.05) is 19.1 Å². The second-order valence-corrected chi connectivity index (χ2v) is 11.9. The molecule has 4 nitrogen and oxygen atoms in total. The Morgan fingerprint density at radius 3 is 1.97 bits per heavy atom. The number of aryl methyl sites for hydroxylation is 1. The van der Waals surface area contributed by atoms with Crippen molar-refractivity contribution in [2.75, 3.05) is 17.7 Å². The Kier molecular flexibility index (Phi) is 6.35. The minimum atomic E-state index is -4.53. The van der Waals surface area contributed by atoms with Gasteiger partial charge in [-0.25, -0.2) is 4.79 Å². The maximum absolute atomic E-state index is 13.8. The van der Waals surface area contributed by atoms with Crippen LogP contribution in [-0.2, 0) is 16.3 Å². The van der Waals surface area contributed by atoms with Crippen LogP contribution in [0, 0.1) is 24.7 Å². The number of hydrogen-bond donors (Lipinski definition) is 2. The van der Waals surface area contributed by atoms with Crippen molar-refractivity contribution in [2.45, 2.75) is 57.0 Å². The summed E-state index contributed by atoms with van der Waals surface area (Å²) < 4.78 is 46.3. The number of rotatable bonds is 6. The van der Waals surface area contributed by atoms with Gasteiger partial charge in [0.25, 0.3) is 0 Å². The molecule has 3 aromatic rings. The van der Waals surface area contributed by atoms with Gasteiger partial charge in [-0.05, 0) is 117 Å². The molecule has 4 saturated carbocycles. The highest BCUT2D eigenvalue weighted by atomic mass is 19.4. The van der Waals surface area contributed by atoms with Crippen LogP contribution in [-0.4, -0.2) is 13.1 Å². The van der Waals surface area contributed by atoms with Crippen molar-refractivity contribution < 1.29 is 22.7 Å². The fraction of sp³-hybridized carbons (Fsp3) is 0.406. The molecule has 0 radical (unpaired) electrons. The summed E-state index contributed by atoms with van der Waals surface area (Å²) in [5.74, 6) is 1.97. The van der Waals surface area contributed by atoms with Crippen molar-refractivity contribution >= 4 is 28.7 Å². The Balaban J connectivity index is 1.27. The van der Waals surface area contributed by atoms with Gasteiger partial charge in [-0.3, -0.25) is 0 Å². The molecule has 4 fully saturated rings. The van der Waals surface area contributed by atoms with E-state index in [0.29, 0.717) is 11.4 Å². The Morgan fingerprint density at radius 1 is 0.821 bits per heavy atom. The zero-order valence-corrected chi connectivity index (χ0v) is 22.2. The molecule has 0 atom stereocenters. The van der Waals surface area contributed by atoms with Crippen LogP contribution in [0.15, 0.2) is 60.7 Å². The van der Waals surface area contributed by atoms with Gasteiger partial charge in [-0.15, -0.1) is 0 Å². The van der Waals surface area contributed by atoms with E-state index in [0.717, 1.165) is 41.1 Å². The molecule has 7 rings (SSSR count). The molecule has 2 N–H and O–H groups in total. The Morgan fingerprint density at radius 2 is 1.41 bits per heavy atom. The van der Waals surface area contributed by atoms with E-state index in [-0.39, 0.29) is 16.7 Å². The van der Waals surface area contributed by atoms with Crippen molar-refractivity contribution in [3.8, 4) is 0 Å². The van der Waals surface area contributed by atoms with Gasteiger partial charge in [-0.2, -0.15) is 13.2 Å². The quantitative estimate of drug-likeness (QED) is 0.311. The Hall–Kier alpha value is -3.48. The van der Waals surface area contributed by atoms with Crippen LogP contribution in [0.3, 0.4) is 0 Å². The zero-order chi connectivity index (χ0) is 27.4. The number of hydrogen-bond acceptors (Lipinski definition) is 4. The van der Waals surface area contributed by atoms with Gasteiger partial charge < -0.3 is 15.4 Å². The molecule has 39 heavy (non-hydrogen) atoms. The van der Waals surface area contributed by atoms with Crippen molar-refractivity contribution in [3.63, 3.8) is 0 Å². The standard InChI is InChI=1S/C32H33F3N2O2/c1-19-3-8-29(28(9-19)30(38)39-2)37-27-14-24(32(33,34)35)13-26(15-27)36-25-6-4-23(5-7-25)31-16-20-10-21(17-31)12-22(11-20)18-31/h3-9,13-15,20-22,36-37H,10-12,16-18H2,1-2H3. The van der Waals surface area contributed by atoms with E-state index in [4.69, 9.17) is 4.74 Å². The number of carbonyl (C=O) groups excluding carboxylic acids is 1. The van der Waals surface area contributed by atoms with Crippen LogP contribution in [0.25, 0.3) is 0 Å². The average molecular weight is 535 g/mol. The molecule has 4 aliphatic carbocycles. The summed E-state index contributed by atoms with van der Waals surface area (Å²) in [4.78, 5) is 12.3. The Bertz CT molecular complexity index is 1360. The molecule has 0 aliphatic heterocycles. The van der Waals surface area contributed by atoms with Crippen LogP contribution in [0.4, 0.5) is 35.9 Å². The second-order valence-electron chi connectivity index (χ2n) is 11.9. The summed E-state index contributed by atoms with van der Waals surface area (Å²) in [6, 6.07) is 17.2. The fourth-order valence-corrected chi connectivity index (χ4v) is 7.68. The summed E-state index contributed by atoms with van der Waals surface area (Å²) in [5.41, 5.74) is 3.57. The van der Waals surface area contributed by atoms with E-state index in [1.54, 1.807) is 24.3 Å². The van der Waals surface area contributed by atoms with Crippen molar-refractivity contribution in [2.24, 2.45) is 17.8 Å². The molecule has 204 valence electrons. The molecular formula is C32H33F3N2O2. The lowest BCUT2D eigenvalue weighted by atomic mass is 9.48. The number of esters is 1. The average Bonchev–Trinajstić information content (AvgIpc) is 2.88. The van der Waals surface area contributed by atoms with Crippen molar-refractivity contribution in [1.29, 1.82) is 0 Å². The summed E-state index contributed by atoms with van der Waals surface area (Å²) in [7, 11) is 1.27. The first-order chi connectivity index (χ1) is 18.6. The van der Waals surface area contributed by atoms with Crippen LogP contribution >= 0.6 is 0 Å². The summed E-state index contributed by atoms with van der Waals surface area (Å²) >= 11 is 0. The van der Waals surface area contributed by atoms with E-state index >= 15 is 0 Å². The van der Waals surface area contributed by atoms with E-state index in [1.165, 1.54) is 51.2 Å². The van der Waals surface area contributed by atoms with E-state index in [2.05, 4.69) is 22.8 Å². The van der Waals surface area contributed by atoms with Gasteiger partial charge >= 0.3 is 12.1 Å². The SMILES string of the molecule is COC(=O)c1cc(C)ccc1Nc1cc(Nc2ccc(C34CC5CC(CC(C5)C3)C4)cc2)cc(C(F)(F)F)c1. The lowest BCUT2D eigenvalue weighted by Crippen LogP contribution is -2.48. The third-order valence-corrected chi connectivity index (χ3v) is 8.94. The number of anilines is 4. The third-order valence-electron chi connectivity index (χ3n) is 8.94. The maximum atomic E-state index is 13.8. The first-order valence-corrected chi connectivity index (χ1v) is 13.7. The number of ether oxygens (including phenoxy) is 1. The number of carbonyl (C=O) groups is 1. The topological polar surface area (TPSA) is 50.4 Å². The lowest BCUT2D eigenvalue weighted by molar-refractivity contribution is -0.137. The van der Waals surface area contributed by atoms with Crippen molar-refractivity contribution in [1.82, 2.24) is 0 Å². The molecule has 0 saturated heterocycles. The highest BCUT2D eigenvalue weighted by Gasteiger charge is 2.51. The van der Waals surface area contributed by atoms with Gasteiger partial charge in [0.05, 0.1) is 23.9 Å². The predicted molar refractivity (Wildman–Crippen MR) is 147 cm³/mol. The van der Waals surface area contributed by atoms with Crippen LogP contribution in [0.5, 0.6) is 0 Å². The summed E-state index contributed by atoms with van der Waals surface area (Å²) in [5, 5.41) is 6.17. The van der Waals surface area contributed by atoms with Gasteiger partial charge in [0, 0.05) is 17.1 Å². The zero-order valence-electron chi connectivity index (χ0n) is 22.2. The van der Waals surface area contributed by atoms with Crippen LogP contribution in [0.2, 0.25) is 0 Å². The normalized spacial score (nSPS) is 25.4. The third kappa shape index (κ3) is 5.11. The Labute approximate surface area is 227 Å². The van der Waals surface area contributed by atoms with Crippen molar-refractivity contribution in [3.05, 3.63) is 82.9 Å². The number of nitrogens with one attached hydrogen (secondary N) is 2. The minimum absolute atomic E-state index is 0.214. The molecule has 4 aliphatic rings. The van der Waals surface area contributed by atoms with Gasteiger partial charge in [0.15, 0.2) is 0 Å². The number of benzene rings is 3. The highest BCUT2D eigenvalue weighted by Crippen LogP contribution is 2.60. The van der Waals surface area contributed by atoms with E-state index < -0.39 is 17.7 Å². The smallest absolute Gasteiger partial charge is 0.416 e. The molecule has 0 unspecified atom stereocenters. The largest absolute Gasteiger partial charge is 0.465 e. The number of halogens is 3. The van der Waals surface area contributed by atoms with Gasteiger partial charge in [0.1, 0.15) is 0 Å². The van der Waals surface area contributed by atoms with Crippen LogP contribution in [0.1, 0.15) is 65.6 Å². The monoisotopic (exact) mass is 534 g/mol. The number of methoxy groups -OCH3 is 1. The van der Waals surface area contributed by atoms with Gasteiger partial charge in [-0.1, -0.05) is 23.8 Å². The molecule has 0 spiro atoms. The maximum Gasteiger partial charge on any atom is 0.416 e. The van der Waals surface area contributed by atoms with Crippen LogP contribution < -0.4 is 10.6 Å². The molecular weight excluding hydrogens is 501 g/mol. The second kappa shape index (κ2) is 9.61. The first kappa shape index (κ1) is 25.8. The molecule has 0 aromatic heterocycles. The fourth-order valence-electron chi connectivity index (χ4n) is 7.68. The molecule has 0 amide bonds.